The largest absolute Gasteiger partial charge is 0.495 e. The topological polar surface area (TPSA) is 135 Å². The minimum absolute atomic E-state index is 0.214. The number of rotatable bonds is 3. The van der Waals surface area contributed by atoms with Gasteiger partial charge in [0, 0.05) is 5.56 Å². The molecule has 0 aliphatic heterocycles. The molecule has 0 atom stereocenters. The summed E-state index contributed by atoms with van der Waals surface area (Å²) in [4.78, 5) is 44.6. The second-order valence-electron chi connectivity index (χ2n) is 11.0. The third-order valence-electron chi connectivity index (χ3n) is 4.20. The molecular weight excluding hydrogens is 468 g/mol. The van der Waals surface area contributed by atoms with Crippen LogP contribution in [0.4, 0.5) is 26.0 Å². The number of hydrogen-bond donors (Lipinski definition) is 1. The number of benzene rings is 1. The second kappa shape index (κ2) is 10.1. The first-order chi connectivity index (χ1) is 16.3. The Bertz CT molecular complexity index is 1110. The van der Waals surface area contributed by atoms with Crippen molar-refractivity contribution in [3.63, 3.8) is 0 Å². The van der Waals surface area contributed by atoms with Crippen LogP contribution >= 0.6 is 0 Å². The summed E-state index contributed by atoms with van der Waals surface area (Å²) in [5.74, 6) is 0.0728. The molecule has 1 aromatic heterocycles. The Morgan fingerprint density at radius 3 is 1.78 bits per heavy atom. The van der Waals surface area contributed by atoms with E-state index in [-0.39, 0.29) is 11.6 Å². The summed E-state index contributed by atoms with van der Waals surface area (Å²) in [6.07, 6.45) is -1.71. The summed E-state index contributed by atoms with van der Waals surface area (Å²) in [5.41, 5.74) is 4.26. The molecule has 0 fully saturated rings. The molecule has 2 rings (SSSR count). The van der Waals surface area contributed by atoms with Gasteiger partial charge in [-0.05, 0) is 80.5 Å². The molecular formula is C25H36N4O7. The smallest absolute Gasteiger partial charge is 0.427 e. The molecule has 198 valence electrons. The average molecular weight is 505 g/mol. The number of amides is 2. The molecule has 1 heterocycles. The highest BCUT2D eigenvalue weighted by Gasteiger charge is 2.38. The molecule has 0 spiro atoms. The quantitative estimate of drug-likeness (QED) is 0.418. The fraction of sp³-hybridized carbons (Fsp3) is 0.520. The van der Waals surface area contributed by atoms with Gasteiger partial charge >= 0.3 is 18.3 Å². The van der Waals surface area contributed by atoms with Gasteiger partial charge in [-0.3, -0.25) is 0 Å². The van der Waals surface area contributed by atoms with Gasteiger partial charge in [-0.25, -0.2) is 23.9 Å². The molecule has 11 nitrogen and oxygen atoms in total. The van der Waals surface area contributed by atoms with Crippen molar-refractivity contribution in [2.45, 2.75) is 79.1 Å². The SMILES string of the molecule is COc1ccc(-c2cnc(N(C(=O)OC(C)(C)C)C(=O)OC(C)(C)C)n2C(=O)OC(C)(C)C)cc1N. The van der Waals surface area contributed by atoms with Gasteiger partial charge in [-0.15, -0.1) is 4.90 Å². The zero-order valence-electron chi connectivity index (χ0n) is 22.6. The molecule has 0 unspecified atom stereocenters. The van der Waals surface area contributed by atoms with Crippen LogP contribution in [0.3, 0.4) is 0 Å². The van der Waals surface area contributed by atoms with Crippen molar-refractivity contribution in [2.75, 3.05) is 17.7 Å². The normalized spacial score (nSPS) is 12.1. The molecule has 0 bridgehead atoms. The molecule has 1 aromatic carbocycles. The molecule has 0 aliphatic rings. The Balaban J connectivity index is 2.77. The van der Waals surface area contributed by atoms with E-state index in [1.54, 1.807) is 80.5 Å². The number of carbonyl (C=O) groups is 3. The van der Waals surface area contributed by atoms with E-state index in [4.69, 9.17) is 24.7 Å². The van der Waals surface area contributed by atoms with E-state index < -0.39 is 35.1 Å². The minimum atomic E-state index is -1.08. The Labute approximate surface area is 211 Å². The van der Waals surface area contributed by atoms with E-state index in [0.717, 1.165) is 4.57 Å². The fourth-order valence-electron chi connectivity index (χ4n) is 2.94. The van der Waals surface area contributed by atoms with E-state index in [2.05, 4.69) is 4.98 Å². The van der Waals surface area contributed by atoms with Crippen molar-refractivity contribution in [3.8, 4) is 17.0 Å². The van der Waals surface area contributed by atoms with Gasteiger partial charge in [0.2, 0.25) is 5.95 Å². The molecule has 2 amide bonds. The molecule has 2 N–H and O–H groups in total. The van der Waals surface area contributed by atoms with Gasteiger partial charge in [0.25, 0.3) is 0 Å². The van der Waals surface area contributed by atoms with E-state index >= 15 is 0 Å². The number of imide groups is 1. The van der Waals surface area contributed by atoms with Gasteiger partial charge in [-0.1, -0.05) is 0 Å². The summed E-state index contributed by atoms with van der Waals surface area (Å²) >= 11 is 0. The highest BCUT2D eigenvalue weighted by molar-refractivity contribution is 6.09. The van der Waals surface area contributed by atoms with Crippen LogP contribution in [0, 0.1) is 0 Å². The predicted molar refractivity (Wildman–Crippen MR) is 135 cm³/mol. The number of ether oxygens (including phenoxy) is 4. The number of carbonyl (C=O) groups excluding carboxylic acids is 3. The number of methoxy groups -OCH3 is 1. The first kappa shape index (κ1) is 28.5. The molecule has 36 heavy (non-hydrogen) atoms. The van der Waals surface area contributed by atoms with E-state index in [9.17, 15) is 14.4 Å². The van der Waals surface area contributed by atoms with Crippen molar-refractivity contribution in [3.05, 3.63) is 24.4 Å². The molecule has 0 radical (unpaired) electrons. The van der Waals surface area contributed by atoms with Crippen LogP contribution in [0.25, 0.3) is 11.3 Å². The highest BCUT2D eigenvalue weighted by atomic mass is 16.6. The van der Waals surface area contributed by atoms with Gasteiger partial charge < -0.3 is 24.7 Å². The maximum absolute atomic E-state index is 13.4. The number of nitrogens with zero attached hydrogens (tertiary/aromatic N) is 3. The minimum Gasteiger partial charge on any atom is -0.495 e. The summed E-state index contributed by atoms with van der Waals surface area (Å²) < 4.78 is 22.6. The summed E-state index contributed by atoms with van der Waals surface area (Å²) in [5, 5.41) is 0. The number of imidazole rings is 1. The number of hydrogen-bond acceptors (Lipinski definition) is 9. The van der Waals surface area contributed by atoms with Gasteiger partial charge in [0.1, 0.15) is 22.6 Å². The number of nitrogen functional groups attached to an aromatic ring is 1. The Morgan fingerprint density at radius 2 is 1.36 bits per heavy atom. The number of anilines is 2. The lowest BCUT2D eigenvalue weighted by Crippen LogP contribution is -2.45. The lowest BCUT2D eigenvalue weighted by molar-refractivity contribution is 0.0423. The first-order valence-electron chi connectivity index (χ1n) is 11.3. The van der Waals surface area contributed by atoms with Crippen molar-refractivity contribution in [1.82, 2.24) is 9.55 Å². The monoisotopic (exact) mass is 504 g/mol. The lowest BCUT2D eigenvalue weighted by atomic mass is 10.1. The third-order valence-corrected chi connectivity index (χ3v) is 4.20. The molecule has 0 aliphatic carbocycles. The molecule has 2 aromatic rings. The second-order valence-corrected chi connectivity index (χ2v) is 11.0. The molecule has 0 saturated carbocycles. The van der Waals surface area contributed by atoms with Crippen LogP contribution in [-0.4, -0.2) is 51.7 Å². The van der Waals surface area contributed by atoms with Crippen LogP contribution in [0.2, 0.25) is 0 Å². The summed E-state index contributed by atoms with van der Waals surface area (Å²) in [6.45, 7) is 14.9. The zero-order chi connectivity index (χ0) is 27.6. The number of nitrogens with two attached hydrogens (primary N) is 1. The van der Waals surface area contributed by atoms with E-state index in [1.807, 2.05) is 0 Å². The Hall–Kier alpha value is -3.76. The zero-order valence-corrected chi connectivity index (χ0v) is 22.6. The molecule has 11 heteroatoms. The maximum Gasteiger partial charge on any atom is 0.427 e. The number of aromatic nitrogens is 2. The summed E-state index contributed by atoms with van der Waals surface area (Å²) in [6, 6.07) is 4.85. The van der Waals surface area contributed by atoms with Gasteiger partial charge in [0.05, 0.1) is 24.7 Å². The Kier molecular flexibility index (Phi) is 7.97. The first-order valence-corrected chi connectivity index (χ1v) is 11.3. The van der Waals surface area contributed by atoms with E-state index in [1.165, 1.54) is 13.3 Å². The lowest BCUT2D eigenvalue weighted by Gasteiger charge is -2.28. The highest BCUT2D eigenvalue weighted by Crippen LogP contribution is 2.32. The van der Waals surface area contributed by atoms with Crippen LogP contribution < -0.4 is 15.4 Å². The average Bonchev–Trinajstić information content (AvgIpc) is 3.08. The van der Waals surface area contributed by atoms with Crippen molar-refractivity contribution < 1.29 is 33.3 Å². The van der Waals surface area contributed by atoms with Crippen molar-refractivity contribution in [2.24, 2.45) is 0 Å². The van der Waals surface area contributed by atoms with Crippen LogP contribution in [0.15, 0.2) is 24.4 Å². The third kappa shape index (κ3) is 7.37. The van der Waals surface area contributed by atoms with Crippen LogP contribution in [0.1, 0.15) is 62.3 Å². The van der Waals surface area contributed by atoms with Gasteiger partial charge in [-0.2, -0.15) is 0 Å². The maximum atomic E-state index is 13.4. The van der Waals surface area contributed by atoms with Crippen molar-refractivity contribution >= 4 is 29.9 Å². The predicted octanol–water partition coefficient (Wildman–Crippen LogP) is 5.60. The van der Waals surface area contributed by atoms with Crippen LogP contribution in [-0.2, 0) is 14.2 Å². The summed E-state index contributed by atoms with van der Waals surface area (Å²) in [7, 11) is 1.48. The van der Waals surface area contributed by atoms with Gasteiger partial charge in [0.15, 0.2) is 0 Å². The standard InChI is InChI=1S/C25H36N4O7/c1-23(2,3)34-20(30)28-17(15-11-12-18(33-10)16(26)13-15)14-27-19(28)29(21(31)35-24(4,5)6)22(32)36-25(7,8)9/h11-14H,26H2,1-10H3. The van der Waals surface area contributed by atoms with Crippen LogP contribution in [0.5, 0.6) is 5.75 Å². The van der Waals surface area contributed by atoms with E-state index in [0.29, 0.717) is 21.9 Å². The molecule has 0 saturated heterocycles. The Morgan fingerprint density at radius 1 is 0.861 bits per heavy atom. The van der Waals surface area contributed by atoms with Crippen molar-refractivity contribution in [1.29, 1.82) is 0 Å². The fourth-order valence-corrected chi connectivity index (χ4v) is 2.94.